The number of hydrogen-bond donors (Lipinski definition) is 0. The molecule has 9 nitrogen and oxygen atoms in total. The van der Waals surface area contributed by atoms with E-state index in [0.717, 1.165) is 0 Å². The van der Waals surface area contributed by atoms with Crippen molar-refractivity contribution < 1.29 is 30.8 Å². The minimum absolute atomic E-state index is 0.0570. The number of alkyl halides is 3. The Morgan fingerprint density at radius 1 is 1.14 bits per heavy atom. The van der Waals surface area contributed by atoms with E-state index in [0.29, 0.717) is 23.5 Å². The first-order chi connectivity index (χ1) is 15.9. The largest absolute Gasteiger partial charge is 0.431 e. The number of carbonyl (C=O) groups excluding carboxylic acids is 1. The van der Waals surface area contributed by atoms with E-state index >= 15 is 0 Å². The van der Waals surface area contributed by atoms with Gasteiger partial charge in [0.25, 0.3) is 5.56 Å². The van der Waals surface area contributed by atoms with Crippen LogP contribution in [0.4, 0.5) is 23.2 Å². The Bertz CT molecular complexity index is 1450. The molecule has 1 amide bonds. The van der Waals surface area contributed by atoms with Crippen LogP contribution in [0.2, 0.25) is 0 Å². The molecule has 190 valence electrons. The van der Waals surface area contributed by atoms with Gasteiger partial charge in [-0.1, -0.05) is 20.8 Å². The van der Waals surface area contributed by atoms with Crippen LogP contribution < -0.4 is 15.6 Å². The summed E-state index contributed by atoms with van der Waals surface area (Å²) >= 11 is 0. The maximum atomic E-state index is 14.9. The molecular formula is C21H22F4N4O5S. The average molecular weight is 518 g/mol. The standard InChI is InChI=1S/C21H22F4N4O5S/c1-6-20(3,4)18(31)29(35(33,34)7-2)14-9-15(13(22)8-12(14)11-26)28-17(30)10-16(21(23,24)25)27(5)19(28)32/h8-10H,6-7H2,1-5H3. The molecule has 0 aliphatic rings. The lowest BCUT2D eigenvalue weighted by atomic mass is 9.89. The molecule has 1 aromatic carbocycles. The Labute approximate surface area is 197 Å². The van der Waals surface area contributed by atoms with Gasteiger partial charge in [0.2, 0.25) is 15.9 Å². The zero-order valence-corrected chi connectivity index (χ0v) is 20.2. The van der Waals surface area contributed by atoms with Crippen molar-refractivity contribution in [1.29, 1.82) is 5.26 Å². The smallest absolute Gasteiger partial charge is 0.292 e. The van der Waals surface area contributed by atoms with Crippen molar-refractivity contribution in [3.8, 4) is 11.8 Å². The molecule has 0 saturated carbocycles. The number of nitrogens with zero attached hydrogens (tertiary/aromatic N) is 4. The highest BCUT2D eigenvalue weighted by Gasteiger charge is 2.39. The van der Waals surface area contributed by atoms with Crippen LogP contribution in [0.15, 0.2) is 27.8 Å². The maximum absolute atomic E-state index is 14.9. The number of rotatable bonds is 6. The van der Waals surface area contributed by atoms with Gasteiger partial charge < -0.3 is 0 Å². The van der Waals surface area contributed by atoms with E-state index in [-0.39, 0.29) is 21.6 Å². The van der Waals surface area contributed by atoms with Crippen LogP contribution >= 0.6 is 0 Å². The van der Waals surface area contributed by atoms with Gasteiger partial charge in [-0.05, 0) is 25.5 Å². The summed E-state index contributed by atoms with van der Waals surface area (Å²) in [5, 5.41) is 9.50. The van der Waals surface area contributed by atoms with E-state index in [4.69, 9.17) is 0 Å². The van der Waals surface area contributed by atoms with Gasteiger partial charge in [-0.15, -0.1) is 0 Å². The second-order valence-electron chi connectivity index (χ2n) is 8.18. The first-order valence-electron chi connectivity index (χ1n) is 10.2. The lowest BCUT2D eigenvalue weighted by Crippen LogP contribution is -2.46. The number of nitriles is 1. The monoisotopic (exact) mass is 518 g/mol. The SMILES string of the molecule is CCC(C)(C)C(=O)N(c1cc(-n2c(=O)cc(C(F)(F)F)n(C)c2=O)c(F)cc1C#N)S(=O)(=O)CC. The summed E-state index contributed by atoms with van der Waals surface area (Å²) in [6.07, 6.45) is -4.89. The maximum Gasteiger partial charge on any atom is 0.431 e. The van der Waals surface area contributed by atoms with Gasteiger partial charge in [0.05, 0.1) is 22.7 Å². The summed E-state index contributed by atoms with van der Waals surface area (Å²) in [6, 6.07) is 2.75. The van der Waals surface area contributed by atoms with Crippen LogP contribution in [0.3, 0.4) is 0 Å². The Kier molecular flexibility index (Phi) is 7.37. The Morgan fingerprint density at radius 2 is 1.71 bits per heavy atom. The van der Waals surface area contributed by atoms with Gasteiger partial charge >= 0.3 is 11.9 Å². The van der Waals surface area contributed by atoms with Gasteiger partial charge in [0, 0.05) is 18.5 Å². The lowest BCUT2D eigenvalue weighted by Gasteiger charge is -2.31. The summed E-state index contributed by atoms with van der Waals surface area (Å²) < 4.78 is 80.7. The molecule has 0 aliphatic carbocycles. The Morgan fingerprint density at radius 3 is 2.17 bits per heavy atom. The van der Waals surface area contributed by atoms with Gasteiger partial charge in [0.1, 0.15) is 17.6 Å². The van der Waals surface area contributed by atoms with Crippen LogP contribution in [-0.4, -0.2) is 29.2 Å². The summed E-state index contributed by atoms with van der Waals surface area (Å²) in [6.45, 7) is 5.72. The highest BCUT2D eigenvalue weighted by atomic mass is 32.2. The van der Waals surface area contributed by atoms with Crippen LogP contribution in [0.25, 0.3) is 5.69 Å². The molecule has 0 aliphatic heterocycles. The van der Waals surface area contributed by atoms with Crippen molar-refractivity contribution in [2.75, 3.05) is 10.1 Å². The fourth-order valence-corrected chi connectivity index (χ4v) is 4.25. The molecule has 0 bridgehead atoms. The van der Waals surface area contributed by atoms with Crippen molar-refractivity contribution in [2.45, 2.75) is 40.3 Å². The van der Waals surface area contributed by atoms with E-state index in [9.17, 15) is 45.6 Å². The van der Waals surface area contributed by atoms with Gasteiger partial charge in [-0.2, -0.15) is 18.4 Å². The summed E-state index contributed by atoms with van der Waals surface area (Å²) in [7, 11) is -3.70. The zero-order chi connectivity index (χ0) is 27.1. The number of benzene rings is 1. The minimum Gasteiger partial charge on any atom is -0.292 e. The normalized spacial score (nSPS) is 12.3. The van der Waals surface area contributed by atoms with Crippen molar-refractivity contribution in [1.82, 2.24) is 9.13 Å². The van der Waals surface area contributed by atoms with Crippen LogP contribution in [0.1, 0.15) is 45.4 Å². The number of sulfonamides is 1. The molecule has 0 unspecified atom stereocenters. The lowest BCUT2D eigenvalue weighted by molar-refractivity contribution is -0.144. The Hall–Kier alpha value is -3.47. The number of carbonyl (C=O) groups is 1. The summed E-state index contributed by atoms with van der Waals surface area (Å²) in [5.74, 6) is -2.94. The van der Waals surface area contributed by atoms with E-state index in [1.165, 1.54) is 20.8 Å². The quantitative estimate of drug-likeness (QED) is 0.542. The highest BCUT2D eigenvalue weighted by Crippen LogP contribution is 2.33. The summed E-state index contributed by atoms with van der Waals surface area (Å²) in [5.41, 5.74) is -8.17. The predicted octanol–water partition coefficient (Wildman–Crippen LogP) is 2.68. The zero-order valence-electron chi connectivity index (χ0n) is 19.4. The minimum atomic E-state index is -5.06. The number of hydrogen-bond acceptors (Lipinski definition) is 6. The number of halogens is 4. The highest BCUT2D eigenvalue weighted by molar-refractivity contribution is 7.93. The predicted molar refractivity (Wildman–Crippen MR) is 118 cm³/mol. The fraction of sp³-hybridized carbons (Fsp3) is 0.429. The number of aromatic nitrogens is 2. The molecule has 35 heavy (non-hydrogen) atoms. The van der Waals surface area contributed by atoms with Gasteiger partial charge in [0.15, 0.2) is 0 Å². The molecule has 0 N–H and O–H groups in total. The van der Waals surface area contributed by atoms with E-state index < -0.39 is 73.0 Å². The second-order valence-corrected chi connectivity index (χ2v) is 10.3. The third kappa shape index (κ3) is 5.00. The van der Waals surface area contributed by atoms with E-state index in [1.807, 2.05) is 0 Å². The van der Waals surface area contributed by atoms with E-state index in [1.54, 1.807) is 13.0 Å². The molecule has 2 rings (SSSR count). The summed E-state index contributed by atoms with van der Waals surface area (Å²) in [4.78, 5) is 38.3. The molecule has 1 heterocycles. The first-order valence-corrected chi connectivity index (χ1v) is 11.8. The van der Waals surface area contributed by atoms with Crippen molar-refractivity contribution in [2.24, 2.45) is 12.5 Å². The second kappa shape index (κ2) is 9.29. The van der Waals surface area contributed by atoms with Gasteiger partial charge in [-0.25, -0.2) is 26.5 Å². The van der Waals surface area contributed by atoms with Crippen molar-refractivity contribution in [3.05, 3.63) is 56.1 Å². The first kappa shape index (κ1) is 27.8. The third-order valence-corrected chi connectivity index (χ3v) is 7.19. The molecule has 0 fully saturated rings. The van der Waals surface area contributed by atoms with Crippen LogP contribution in [0, 0.1) is 22.6 Å². The molecule has 1 aromatic heterocycles. The van der Waals surface area contributed by atoms with Gasteiger partial charge in [-0.3, -0.25) is 14.2 Å². The number of anilines is 1. The Balaban J connectivity index is 3.02. The fourth-order valence-electron chi connectivity index (χ4n) is 3.04. The third-order valence-electron chi connectivity index (χ3n) is 5.55. The molecule has 2 aromatic rings. The molecule has 14 heteroatoms. The molecule has 0 saturated heterocycles. The number of amides is 1. The van der Waals surface area contributed by atoms with E-state index in [2.05, 4.69) is 0 Å². The molecular weight excluding hydrogens is 496 g/mol. The topological polar surface area (TPSA) is 122 Å². The van der Waals surface area contributed by atoms with Crippen molar-refractivity contribution in [3.63, 3.8) is 0 Å². The molecule has 0 radical (unpaired) electrons. The van der Waals surface area contributed by atoms with Crippen LogP contribution in [-0.2, 0) is 28.0 Å². The molecule has 0 atom stereocenters. The van der Waals surface area contributed by atoms with Crippen molar-refractivity contribution >= 4 is 21.6 Å². The molecule has 0 spiro atoms. The average Bonchev–Trinajstić information content (AvgIpc) is 2.76. The van der Waals surface area contributed by atoms with Crippen LogP contribution in [0.5, 0.6) is 0 Å².